The van der Waals surface area contributed by atoms with Gasteiger partial charge in [-0.3, -0.25) is 19.3 Å². The standard InChI is InChI=1S/C26H23ClFN3O4/c27-20-9-5-19(6-10-20)14-30(15-24(32)29-13-18-7-11-21(28)12-8-18)25(33)16-31-22-3-1-2-4-23(22)35-17-26(31)34/h1-12H,13-17H2,(H,29,32). The van der Waals surface area contributed by atoms with Crippen LogP contribution in [-0.2, 0) is 27.5 Å². The number of ether oxygens (including phenoxy) is 1. The van der Waals surface area contributed by atoms with Gasteiger partial charge in [-0.25, -0.2) is 4.39 Å². The molecule has 3 aromatic rings. The van der Waals surface area contributed by atoms with Gasteiger partial charge in [-0.15, -0.1) is 0 Å². The Morgan fingerprint density at radius 1 is 1.00 bits per heavy atom. The highest BCUT2D eigenvalue weighted by molar-refractivity contribution is 6.30. The van der Waals surface area contributed by atoms with Crippen molar-refractivity contribution >= 4 is 35.0 Å². The van der Waals surface area contributed by atoms with Crippen molar-refractivity contribution in [3.8, 4) is 5.75 Å². The lowest BCUT2D eigenvalue weighted by Gasteiger charge is -2.31. The minimum absolute atomic E-state index is 0.153. The van der Waals surface area contributed by atoms with Gasteiger partial charge in [0.1, 0.15) is 18.1 Å². The van der Waals surface area contributed by atoms with E-state index in [0.29, 0.717) is 16.5 Å². The Labute approximate surface area is 207 Å². The SMILES string of the molecule is O=C(CN(Cc1ccc(Cl)cc1)C(=O)CN1C(=O)COc2ccccc21)NCc1ccc(F)cc1. The van der Waals surface area contributed by atoms with Crippen molar-refractivity contribution in [3.05, 3.63) is 94.8 Å². The van der Waals surface area contributed by atoms with Crippen LogP contribution in [0.2, 0.25) is 5.02 Å². The summed E-state index contributed by atoms with van der Waals surface area (Å²) in [5, 5.41) is 3.30. The third kappa shape index (κ3) is 6.36. The molecule has 1 aliphatic heterocycles. The molecule has 1 aliphatic rings. The maximum absolute atomic E-state index is 13.3. The van der Waals surface area contributed by atoms with E-state index in [1.54, 1.807) is 60.7 Å². The van der Waals surface area contributed by atoms with Crippen LogP contribution in [0.1, 0.15) is 11.1 Å². The van der Waals surface area contributed by atoms with Crippen molar-refractivity contribution in [1.82, 2.24) is 10.2 Å². The highest BCUT2D eigenvalue weighted by Crippen LogP contribution is 2.31. The lowest BCUT2D eigenvalue weighted by atomic mass is 10.2. The van der Waals surface area contributed by atoms with Crippen molar-refractivity contribution in [2.45, 2.75) is 13.1 Å². The Kier molecular flexibility index (Phi) is 7.62. The number of benzene rings is 3. The monoisotopic (exact) mass is 495 g/mol. The van der Waals surface area contributed by atoms with Gasteiger partial charge in [-0.1, -0.05) is 48.0 Å². The summed E-state index contributed by atoms with van der Waals surface area (Å²) < 4.78 is 18.6. The predicted octanol–water partition coefficient (Wildman–Crippen LogP) is 3.55. The molecule has 1 heterocycles. The first-order chi connectivity index (χ1) is 16.9. The van der Waals surface area contributed by atoms with E-state index in [-0.39, 0.29) is 50.4 Å². The average Bonchev–Trinajstić information content (AvgIpc) is 2.86. The molecule has 35 heavy (non-hydrogen) atoms. The molecule has 3 amide bonds. The molecule has 0 radical (unpaired) electrons. The highest BCUT2D eigenvalue weighted by Gasteiger charge is 2.29. The second-order valence-corrected chi connectivity index (χ2v) is 8.45. The average molecular weight is 496 g/mol. The third-order valence-corrected chi connectivity index (χ3v) is 5.73. The zero-order valence-electron chi connectivity index (χ0n) is 18.7. The van der Waals surface area contributed by atoms with Gasteiger partial charge in [0.05, 0.1) is 12.2 Å². The van der Waals surface area contributed by atoms with Crippen LogP contribution in [0.15, 0.2) is 72.8 Å². The van der Waals surface area contributed by atoms with Crippen molar-refractivity contribution in [3.63, 3.8) is 0 Å². The Balaban J connectivity index is 1.48. The second-order valence-electron chi connectivity index (χ2n) is 8.02. The number of nitrogens with one attached hydrogen (secondary N) is 1. The van der Waals surface area contributed by atoms with Gasteiger partial charge in [0.25, 0.3) is 5.91 Å². The Hall–Kier alpha value is -3.91. The Morgan fingerprint density at radius 3 is 2.43 bits per heavy atom. The molecule has 0 aliphatic carbocycles. The van der Waals surface area contributed by atoms with Gasteiger partial charge in [-0.05, 0) is 47.5 Å². The van der Waals surface area contributed by atoms with E-state index in [9.17, 15) is 18.8 Å². The lowest BCUT2D eigenvalue weighted by Crippen LogP contribution is -2.48. The van der Waals surface area contributed by atoms with Crippen molar-refractivity contribution in [2.24, 2.45) is 0 Å². The van der Waals surface area contributed by atoms with Gasteiger partial charge in [-0.2, -0.15) is 0 Å². The van der Waals surface area contributed by atoms with E-state index in [2.05, 4.69) is 5.32 Å². The number of fused-ring (bicyclic) bond motifs is 1. The van der Waals surface area contributed by atoms with Crippen LogP contribution in [0.4, 0.5) is 10.1 Å². The van der Waals surface area contributed by atoms with Crippen LogP contribution >= 0.6 is 11.6 Å². The summed E-state index contributed by atoms with van der Waals surface area (Å²) in [4.78, 5) is 41.3. The summed E-state index contributed by atoms with van der Waals surface area (Å²) in [6.07, 6.45) is 0. The quantitative estimate of drug-likeness (QED) is 0.518. The molecule has 0 spiro atoms. The van der Waals surface area contributed by atoms with E-state index in [1.165, 1.54) is 21.9 Å². The van der Waals surface area contributed by atoms with Crippen LogP contribution in [0.5, 0.6) is 5.75 Å². The van der Waals surface area contributed by atoms with Gasteiger partial charge in [0, 0.05) is 18.1 Å². The summed E-state index contributed by atoms with van der Waals surface area (Å²) in [6.45, 7) is -0.280. The minimum atomic E-state index is -0.401. The number of rotatable bonds is 8. The maximum atomic E-state index is 13.3. The van der Waals surface area contributed by atoms with E-state index in [1.807, 2.05) is 0 Å². The molecule has 9 heteroatoms. The first-order valence-corrected chi connectivity index (χ1v) is 11.3. The number of hydrogen-bond acceptors (Lipinski definition) is 4. The summed E-state index contributed by atoms with van der Waals surface area (Å²) in [5.74, 6) is -0.975. The number of para-hydroxylation sites is 2. The fourth-order valence-corrected chi connectivity index (χ4v) is 3.76. The molecule has 0 unspecified atom stereocenters. The molecule has 0 fully saturated rings. The van der Waals surface area contributed by atoms with E-state index >= 15 is 0 Å². The van der Waals surface area contributed by atoms with E-state index < -0.39 is 5.91 Å². The van der Waals surface area contributed by atoms with Crippen LogP contribution < -0.4 is 15.0 Å². The fraction of sp³-hybridized carbons (Fsp3) is 0.192. The fourth-order valence-electron chi connectivity index (χ4n) is 3.64. The third-order valence-electron chi connectivity index (χ3n) is 5.48. The molecule has 0 saturated heterocycles. The lowest BCUT2D eigenvalue weighted by molar-refractivity contribution is -0.136. The number of hydrogen-bond donors (Lipinski definition) is 1. The maximum Gasteiger partial charge on any atom is 0.265 e. The number of carbonyl (C=O) groups is 3. The molecule has 0 bridgehead atoms. The number of halogens is 2. The molecular weight excluding hydrogens is 473 g/mol. The predicted molar refractivity (Wildman–Crippen MR) is 129 cm³/mol. The summed E-state index contributed by atoms with van der Waals surface area (Å²) >= 11 is 5.97. The molecule has 0 saturated carbocycles. The molecule has 1 N–H and O–H groups in total. The Bertz CT molecular complexity index is 1220. The van der Waals surface area contributed by atoms with Crippen LogP contribution in [0, 0.1) is 5.82 Å². The molecule has 4 rings (SSSR count). The van der Waals surface area contributed by atoms with Crippen molar-refractivity contribution in [2.75, 3.05) is 24.6 Å². The largest absolute Gasteiger partial charge is 0.482 e. The zero-order valence-corrected chi connectivity index (χ0v) is 19.5. The Morgan fingerprint density at radius 2 is 1.69 bits per heavy atom. The summed E-state index contributed by atoms with van der Waals surface area (Å²) in [6, 6.07) is 19.7. The number of nitrogens with zero attached hydrogens (tertiary/aromatic N) is 2. The smallest absolute Gasteiger partial charge is 0.265 e. The van der Waals surface area contributed by atoms with Crippen molar-refractivity contribution < 1.29 is 23.5 Å². The first kappa shape index (κ1) is 24.2. The summed E-state index contributed by atoms with van der Waals surface area (Å²) in [7, 11) is 0. The van der Waals surface area contributed by atoms with Gasteiger partial charge in [0.15, 0.2) is 6.61 Å². The van der Waals surface area contributed by atoms with E-state index in [0.717, 1.165) is 11.1 Å². The van der Waals surface area contributed by atoms with Gasteiger partial charge < -0.3 is 15.0 Å². The molecule has 3 aromatic carbocycles. The van der Waals surface area contributed by atoms with Crippen LogP contribution in [-0.4, -0.2) is 42.3 Å². The molecule has 0 aromatic heterocycles. The highest BCUT2D eigenvalue weighted by atomic mass is 35.5. The molecule has 7 nitrogen and oxygen atoms in total. The normalized spacial score (nSPS) is 12.5. The number of anilines is 1. The van der Waals surface area contributed by atoms with Crippen LogP contribution in [0.3, 0.4) is 0 Å². The topological polar surface area (TPSA) is 79.0 Å². The van der Waals surface area contributed by atoms with Crippen molar-refractivity contribution in [1.29, 1.82) is 0 Å². The first-order valence-electron chi connectivity index (χ1n) is 10.9. The minimum Gasteiger partial charge on any atom is -0.482 e. The second kappa shape index (κ2) is 11.0. The van der Waals surface area contributed by atoms with Gasteiger partial charge in [0.2, 0.25) is 11.8 Å². The molecule has 180 valence electrons. The summed E-state index contributed by atoms with van der Waals surface area (Å²) in [5.41, 5.74) is 2.01. The number of amides is 3. The molecular formula is C26H23ClFN3O4. The van der Waals surface area contributed by atoms with E-state index in [4.69, 9.17) is 16.3 Å². The number of carbonyl (C=O) groups excluding carboxylic acids is 3. The van der Waals surface area contributed by atoms with Crippen LogP contribution in [0.25, 0.3) is 0 Å². The molecule has 0 atom stereocenters. The van der Waals surface area contributed by atoms with Gasteiger partial charge >= 0.3 is 0 Å². The zero-order chi connectivity index (χ0) is 24.8.